The van der Waals surface area contributed by atoms with Crippen LogP contribution in [-0.2, 0) is 0 Å². The number of hydrogen-bond acceptors (Lipinski definition) is 2. The van der Waals surface area contributed by atoms with Crippen molar-refractivity contribution in [2.24, 2.45) is 11.3 Å². The molecule has 1 aromatic rings. The van der Waals surface area contributed by atoms with Crippen molar-refractivity contribution in [1.29, 1.82) is 0 Å². The third-order valence-corrected chi connectivity index (χ3v) is 4.97. The molecule has 2 nitrogen and oxygen atoms in total. The molecular formula is C17H27NO. The summed E-state index contributed by atoms with van der Waals surface area (Å²) in [5, 5.41) is 9.29. The predicted molar refractivity (Wildman–Crippen MR) is 81.7 cm³/mol. The van der Waals surface area contributed by atoms with Crippen LogP contribution in [0.1, 0.15) is 37.8 Å². The van der Waals surface area contributed by atoms with E-state index in [0.717, 1.165) is 19.5 Å². The van der Waals surface area contributed by atoms with Crippen molar-refractivity contribution in [2.45, 2.75) is 40.5 Å². The number of piperidine rings is 1. The van der Waals surface area contributed by atoms with E-state index in [0.29, 0.717) is 17.9 Å². The van der Waals surface area contributed by atoms with Crippen molar-refractivity contribution in [1.82, 2.24) is 0 Å². The lowest BCUT2D eigenvalue weighted by atomic mass is 9.72. The Morgan fingerprint density at radius 1 is 1.32 bits per heavy atom. The number of aliphatic hydroxyl groups is 1. The van der Waals surface area contributed by atoms with Crippen LogP contribution in [-0.4, -0.2) is 24.8 Å². The van der Waals surface area contributed by atoms with E-state index in [2.05, 4.69) is 50.8 Å². The maximum Gasteiger partial charge on any atom is 0.0434 e. The molecule has 1 N–H and O–H groups in total. The topological polar surface area (TPSA) is 23.5 Å². The zero-order valence-corrected chi connectivity index (χ0v) is 12.7. The molecule has 1 aromatic carbocycles. The third kappa shape index (κ3) is 2.94. The van der Waals surface area contributed by atoms with E-state index < -0.39 is 0 Å². The summed E-state index contributed by atoms with van der Waals surface area (Å²) >= 11 is 0. The Morgan fingerprint density at radius 2 is 2.05 bits per heavy atom. The van der Waals surface area contributed by atoms with Gasteiger partial charge in [0.25, 0.3) is 0 Å². The summed E-state index contributed by atoms with van der Waals surface area (Å²) in [4.78, 5) is 2.51. The largest absolute Gasteiger partial charge is 0.396 e. The van der Waals surface area contributed by atoms with Crippen LogP contribution < -0.4 is 4.90 Å². The van der Waals surface area contributed by atoms with Crippen molar-refractivity contribution < 1.29 is 5.11 Å². The first-order chi connectivity index (χ1) is 8.95. The van der Waals surface area contributed by atoms with Gasteiger partial charge >= 0.3 is 0 Å². The van der Waals surface area contributed by atoms with Gasteiger partial charge in [0.1, 0.15) is 0 Å². The SMILES string of the molecule is Cc1cccc(N2CCC(C)(C)C(CCO)C2)c1C. The normalized spacial score (nSPS) is 22.6. The smallest absolute Gasteiger partial charge is 0.0434 e. The molecule has 0 aromatic heterocycles. The monoisotopic (exact) mass is 261 g/mol. The Kier molecular flexibility index (Phi) is 4.19. The molecule has 1 heterocycles. The van der Waals surface area contributed by atoms with E-state index in [-0.39, 0.29) is 0 Å². The highest BCUT2D eigenvalue weighted by molar-refractivity contribution is 5.56. The summed E-state index contributed by atoms with van der Waals surface area (Å²) < 4.78 is 0. The van der Waals surface area contributed by atoms with Crippen LogP contribution in [0.3, 0.4) is 0 Å². The van der Waals surface area contributed by atoms with E-state index in [1.54, 1.807) is 0 Å². The maximum absolute atomic E-state index is 9.29. The molecule has 1 fully saturated rings. The highest BCUT2D eigenvalue weighted by Gasteiger charge is 2.35. The minimum absolute atomic E-state index is 0.300. The Balaban J connectivity index is 2.21. The number of anilines is 1. The second-order valence-electron chi connectivity index (χ2n) is 6.61. The molecular weight excluding hydrogens is 234 g/mol. The van der Waals surface area contributed by atoms with Gasteiger partial charge in [-0.15, -0.1) is 0 Å². The zero-order chi connectivity index (χ0) is 14.0. The van der Waals surface area contributed by atoms with E-state index in [1.807, 2.05) is 0 Å². The van der Waals surface area contributed by atoms with Gasteiger partial charge in [-0.05, 0) is 55.2 Å². The fraction of sp³-hybridized carbons (Fsp3) is 0.647. The Labute approximate surface area is 117 Å². The summed E-state index contributed by atoms with van der Waals surface area (Å²) in [6.07, 6.45) is 2.11. The van der Waals surface area contributed by atoms with E-state index in [9.17, 15) is 5.11 Å². The molecule has 1 aliphatic heterocycles. The second kappa shape index (κ2) is 5.54. The number of aryl methyl sites for hydroxylation is 1. The summed E-state index contributed by atoms with van der Waals surface area (Å²) in [6.45, 7) is 11.6. The van der Waals surface area contributed by atoms with Crippen molar-refractivity contribution in [3.63, 3.8) is 0 Å². The van der Waals surface area contributed by atoms with Gasteiger partial charge in [-0.25, -0.2) is 0 Å². The van der Waals surface area contributed by atoms with Crippen LogP contribution in [0.2, 0.25) is 0 Å². The average molecular weight is 261 g/mol. The van der Waals surface area contributed by atoms with Gasteiger partial charge in [0.2, 0.25) is 0 Å². The van der Waals surface area contributed by atoms with Gasteiger partial charge in [-0.3, -0.25) is 0 Å². The molecule has 2 rings (SSSR count). The average Bonchev–Trinajstić information content (AvgIpc) is 2.36. The van der Waals surface area contributed by atoms with Crippen molar-refractivity contribution in [2.75, 3.05) is 24.6 Å². The third-order valence-electron chi connectivity index (χ3n) is 4.97. The molecule has 0 amide bonds. The first-order valence-electron chi connectivity index (χ1n) is 7.38. The zero-order valence-electron chi connectivity index (χ0n) is 12.7. The van der Waals surface area contributed by atoms with Crippen molar-refractivity contribution >= 4 is 5.69 Å². The second-order valence-corrected chi connectivity index (χ2v) is 6.61. The van der Waals surface area contributed by atoms with Gasteiger partial charge in [0.15, 0.2) is 0 Å². The van der Waals surface area contributed by atoms with Crippen LogP contribution in [0.4, 0.5) is 5.69 Å². The molecule has 1 saturated heterocycles. The fourth-order valence-electron chi connectivity index (χ4n) is 3.17. The van der Waals surface area contributed by atoms with Gasteiger partial charge < -0.3 is 10.0 Å². The molecule has 1 aliphatic rings. The summed E-state index contributed by atoms with van der Waals surface area (Å²) in [5.41, 5.74) is 4.47. The highest BCUT2D eigenvalue weighted by Crippen LogP contribution is 2.39. The van der Waals surface area contributed by atoms with Gasteiger partial charge in [0.05, 0.1) is 0 Å². The lowest BCUT2D eigenvalue weighted by Crippen LogP contribution is -2.45. The van der Waals surface area contributed by atoms with E-state index >= 15 is 0 Å². The van der Waals surface area contributed by atoms with Crippen LogP contribution >= 0.6 is 0 Å². The predicted octanol–water partition coefficient (Wildman–Crippen LogP) is 3.54. The molecule has 0 bridgehead atoms. The minimum atomic E-state index is 0.300. The molecule has 0 aliphatic carbocycles. The Hall–Kier alpha value is -1.02. The Morgan fingerprint density at radius 3 is 2.74 bits per heavy atom. The number of rotatable bonds is 3. The lowest BCUT2D eigenvalue weighted by molar-refractivity contribution is 0.132. The number of hydrogen-bond donors (Lipinski definition) is 1. The van der Waals surface area contributed by atoms with Gasteiger partial charge in [-0.2, -0.15) is 0 Å². The molecule has 0 saturated carbocycles. The first-order valence-corrected chi connectivity index (χ1v) is 7.38. The van der Waals surface area contributed by atoms with Gasteiger partial charge in [0, 0.05) is 25.4 Å². The number of aliphatic hydroxyl groups excluding tert-OH is 1. The van der Waals surface area contributed by atoms with Crippen LogP contribution in [0.15, 0.2) is 18.2 Å². The number of nitrogens with zero attached hydrogens (tertiary/aromatic N) is 1. The molecule has 1 unspecified atom stereocenters. The summed E-state index contributed by atoms with van der Waals surface area (Å²) in [7, 11) is 0. The van der Waals surface area contributed by atoms with Gasteiger partial charge in [-0.1, -0.05) is 26.0 Å². The van der Waals surface area contributed by atoms with Crippen molar-refractivity contribution in [3.05, 3.63) is 29.3 Å². The van der Waals surface area contributed by atoms with Crippen LogP contribution in [0.5, 0.6) is 0 Å². The Bertz CT molecular complexity index is 439. The van der Waals surface area contributed by atoms with E-state index in [4.69, 9.17) is 0 Å². The number of benzene rings is 1. The highest BCUT2D eigenvalue weighted by atomic mass is 16.3. The van der Waals surface area contributed by atoms with Crippen LogP contribution in [0, 0.1) is 25.2 Å². The molecule has 19 heavy (non-hydrogen) atoms. The fourth-order valence-corrected chi connectivity index (χ4v) is 3.17. The molecule has 2 heteroatoms. The van der Waals surface area contributed by atoms with E-state index in [1.165, 1.54) is 23.2 Å². The summed E-state index contributed by atoms with van der Waals surface area (Å²) in [5.74, 6) is 0.575. The van der Waals surface area contributed by atoms with Crippen molar-refractivity contribution in [3.8, 4) is 0 Å². The maximum atomic E-state index is 9.29. The molecule has 0 spiro atoms. The lowest BCUT2D eigenvalue weighted by Gasteiger charge is -2.45. The van der Waals surface area contributed by atoms with Crippen LogP contribution in [0.25, 0.3) is 0 Å². The molecule has 0 radical (unpaired) electrons. The first kappa shape index (κ1) is 14.4. The standard InChI is InChI=1S/C17H27NO/c1-13-6-5-7-16(14(13)2)18-10-9-17(3,4)15(12-18)8-11-19/h5-7,15,19H,8-12H2,1-4H3. The molecule has 106 valence electrons. The summed E-state index contributed by atoms with van der Waals surface area (Å²) in [6, 6.07) is 6.56. The quantitative estimate of drug-likeness (QED) is 0.899. The molecule has 1 atom stereocenters. The minimum Gasteiger partial charge on any atom is -0.396 e.